The SMILES string of the molecule is C/C=C(/C)NCCCNCCCC(C)C=O. The topological polar surface area (TPSA) is 41.1 Å². The molecule has 2 N–H and O–H groups in total. The molecule has 0 aromatic rings. The normalized spacial score (nSPS) is 13.6. The van der Waals surface area contributed by atoms with Crippen molar-refractivity contribution in [3.63, 3.8) is 0 Å². The van der Waals surface area contributed by atoms with Crippen LogP contribution in [0.15, 0.2) is 11.8 Å². The number of rotatable bonds is 10. The van der Waals surface area contributed by atoms with Gasteiger partial charge in [-0.3, -0.25) is 0 Å². The van der Waals surface area contributed by atoms with Crippen molar-refractivity contribution >= 4 is 6.29 Å². The maximum atomic E-state index is 10.4. The zero-order chi connectivity index (χ0) is 12.2. The molecule has 0 aliphatic rings. The fraction of sp³-hybridized carbons (Fsp3) is 0.769. The van der Waals surface area contributed by atoms with Crippen LogP contribution in [0.3, 0.4) is 0 Å². The predicted octanol–water partition coefficient (Wildman–Crippen LogP) is 2.09. The molecule has 94 valence electrons. The summed E-state index contributed by atoms with van der Waals surface area (Å²) < 4.78 is 0. The number of hydrogen-bond donors (Lipinski definition) is 2. The van der Waals surface area contributed by atoms with Crippen molar-refractivity contribution in [1.29, 1.82) is 0 Å². The van der Waals surface area contributed by atoms with Gasteiger partial charge in [0.15, 0.2) is 0 Å². The van der Waals surface area contributed by atoms with Crippen LogP contribution in [0, 0.1) is 5.92 Å². The lowest BCUT2D eigenvalue weighted by molar-refractivity contribution is -0.110. The first kappa shape index (κ1) is 15.2. The van der Waals surface area contributed by atoms with Gasteiger partial charge in [0.05, 0.1) is 0 Å². The summed E-state index contributed by atoms with van der Waals surface area (Å²) in [7, 11) is 0. The van der Waals surface area contributed by atoms with Crippen molar-refractivity contribution in [2.75, 3.05) is 19.6 Å². The fourth-order valence-electron chi connectivity index (χ4n) is 1.34. The second-order valence-electron chi connectivity index (χ2n) is 4.26. The van der Waals surface area contributed by atoms with Gasteiger partial charge < -0.3 is 15.4 Å². The van der Waals surface area contributed by atoms with E-state index < -0.39 is 0 Å². The van der Waals surface area contributed by atoms with E-state index >= 15 is 0 Å². The van der Waals surface area contributed by atoms with Crippen LogP contribution in [-0.2, 0) is 4.79 Å². The van der Waals surface area contributed by atoms with Gasteiger partial charge in [-0.05, 0) is 46.2 Å². The van der Waals surface area contributed by atoms with Crippen LogP contribution >= 0.6 is 0 Å². The number of nitrogens with one attached hydrogen (secondary N) is 2. The minimum atomic E-state index is 0.209. The van der Waals surface area contributed by atoms with Gasteiger partial charge in [-0.1, -0.05) is 13.0 Å². The summed E-state index contributed by atoms with van der Waals surface area (Å²) in [4.78, 5) is 10.4. The molecule has 3 heteroatoms. The molecule has 0 bridgehead atoms. The fourth-order valence-corrected chi connectivity index (χ4v) is 1.34. The highest BCUT2D eigenvalue weighted by atomic mass is 16.1. The van der Waals surface area contributed by atoms with Gasteiger partial charge in [0.1, 0.15) is 6.29 Å². The standard InChI is InChI=1S/C13H26N2O/c1-4-13(3)15-10-6-9-14-8-5-7-12(2)11-16/h4,11-12,14-15H,5-10H2,1-3H3/b13-4-. The van der Waals surface area contributed by atoms with Crippen molar-refractivity contribution in [2.24, 2.45) is 5.92 Å². The van der Waals surface area contributed by atoms with Crippen LogP contribution in [-0.4, -0.2) is 25.9 Å². The van der Waals surface area contributed by atoms with Crippen LogP contribution in [0.5, 0.6) is 0 Å². The Morgan fingerprint density at radius 3 is 2.56 bits per heavy atom. The lowest BCUT2D eigenvalue weighted by Crippen LogP contribution is -2.22. The van der Waals surface area contributed by atoms with Crippen molar-refractivity contribution in [3.05, 3.63) is 11.8 Å². The molecule has 0 aliphatic carbocycles. The molecule has 0 aromatic heterocycles. The Hall–Kier alpha value is -0.830. The average molecular weight is 226 g/mol. The third kappa shape index (κ3) is 9.71. The molecule has 16 heavy (non-hydrogen) atoms. The second-order valence-corrected chi connectivity index (χ2v) is 4.26. The van der Waals surface area contributed by atoms with Gasteiger partial charge in [0, 0.05) is 18.2 Å². The zero-order valence-electron chi connectivity index (χ0n) is 10.9. The Morgan fingerprint density at radius 1 is 1.25 bits per heavy atom. The monoisotopic (exact) mass is 226 g/mol. The highest BCUT2D eigenvalue weighted by Crippen LogP contribution is 1.99. The number of aldehydes is 1. The van der Waals surface area contributed by atoms with Crippen molar-refractivity contribution in [2.45, 2.75) is 40.0 Å². The van der Waals surface area contributed by atoms with Gasteiger partial charge in [-0.15, -0.1) is 0 Å². The molecule has 0 aliphatic heterocycles. The Kier molecular flexibility index (Phi) is 10.1. The Morgan fingerprint density at radius 2 is 1.94 bits per heavy atom. The molecule has 0 fully saturated rings. The lowest BCUT2D eigenvalue weighted by atomic mass is 10.1. The summed E-state index contributed by atoms with van der Waals surface area (Å²) >= 11 is 0. The van der Waals surface area contributed by atoms with E-state index in [1.54, 1.807) is 0 Å². The van der Waals surface area contributed by atoms with Crippen molar-refractivity contribution in [3.8, 4) is 0 Å². The molecule has 0 heterocycles. The van der Waals surface area contributed by atoms with E-state index in [1.807, 2.05) is 13.8 Å². The van der Waals surface area contributed by atoms with Gasteiger partial charge in [-0.2, -0.15) is 0 Å². The highest BCUT2D eigenvalue weighted by molar-refractivity contribution is 5.52. The van der Waals surface area contributed by atoms with E-state index in [1.165, 1.54) is 5.70 Å². The van der Waals surface area contributed by atoms with E-state index in [9.17, 15) is 4.79 Å². The maximum Gasteiger partial charge on any atom is 0.122 e. The van der Waals surface area contributed by atoms with Crippen LogP contribution < -0.4 is 10.6 Å². The average Bonchev–Trinajstić information content (AvgIpc) is 2.31. The Balaban J connectivity index is 3.13. The van der Waals surface area contributed by atoms with E-state index in [0.717, 1.165) is 45.2 Å². The Bertz CT molecular complexity index is 202. The smallest absolute Gasteiger partial charge is 0.122 e. The third-order valence-corrected chi connectivity index (χ3v) is 2.61. The molecule has 1 atom stereocenters. The molecular weight excluding hydrogens is 200 g/mol. The van der Waals surface area contributed by atoms with Gasteiger partial charge in [0.25, 0.3) is 0 Å². The highest BCUT2D eigenvalue weighted by Gasteiger charge is 1.97. The summed E-state index contributed by atoms with van der Waals surface area (Å²) in [6, 6.07) is 0. The summed E-state index contributed by atoms with van der Waals surface area (Å²) in [5.41, 5.74) is 1.24. The third-order valence-electron chi connectivity index (χ3n) is 2.61. The molecule has 0 amide bonds. The number of allylic oxidation sites excluding steroid dienone is 2. The summed E-state index contributed by atoms with van der Waals surface area (Å²) in [6.45, 7) is 9.16. The van der Waals surface area contributed by atoms with Gasteiger partial charge >= 0.3 is 0 Å². The summed E-state index contributed by atoms with van der Waals surface area (Å²) in [5.74, 6) is 0.209. The summed E-state index contributed by atoms with van der Waals surface area (Å²) in [5, 5.41) is 6.71. The van der Waals surface area contributed by atoms with E-state index in [4.69, 9.17) is 0 Å². The Labute approximate surface area is 99.7 Å². The van der Waals surface area contributed by atoms with Crippen LogP contribution in [0.2, 0.25) is 0 Å². The lowest BCUT2D eigenvalue weighted by Gasteiger charge is -2.07. The number of hydrogen-bond acceptors (Lipinski definition) is 3. The molecule has 1 unspecified atom stereocenters. The minimum absolute atomic E-state index is 0.209. The zero-order valence-corrected chi connectivity index (χ0v) is 10.9. The van der Waals surface area contributed by atoms with Crippen LogP contribution in [0.25, 0.3) is 0 Å². The van der Waals surface area contributed by atoms with E-state index in [-0.39, 0.29) is 5.92 Å². The largest absolute Gasteiger partial charge is 0.389 e. The summed E-state index contributed by atoms with van der Waals surface area (Å²) in [6.07, 6.45) is 6.32. The van der Waals surface area contributed by atoms with Gasteiger partial charge in [0.2, 0.25) is 0 Å². The molecule has 0 saturated carbocycles. The molecule has 0 saturated heterocycles. The van der Waals surface area contributed by atoms with Crippen LogP contribution in [0.1, 0.15) is 40.0 Å². The predicted molar refractivity (Wildman–Crippen MR) is 69.4 cm³/mol. The minimum Gasteiger partial charge on any atom is -0.389 e. The van der Waals surface area contributed by atoms with E-state index in [2.05, 4.69) is 23.6 Å². The quantitative estimate of drug-likeness (QED) is 0.443. The van der Waals surface area contributed by atoms with E-state index in [0.29, 0.717) is 0 Å². The number of carbonyl (C=O) groups is 1. The van der Waals surface area contributed by atoms with Crippen molar-refractivity contribution < 1.29 is 4.79 Å². The first-order chi connectivity index (χ1) is 7.70. The van der Waals surface area contributed by atoms with Gasteiger partial charge in [-0.25, -0.2) is 0 Å². The molecule has 3 nitrogen and oxygen atoms in total. The molecular formula is C13H26N2O. The second kappa shape index (κ2) is 10.7. The molecule has 0 spiro atoms. The van der Waals surface area contributed by atoms with Crippen molar-refractivity contribution in [1.82, 2.24) is 10.6 Å². The number of carbonyl (C=O) groups excluding carboxylic acids is 1. The molecule has 0 rings (SSSR count). The van der Waals surface area contributed by atoms with Crippen LogP contribution in [0.4, 0.5) is 0 Å². The first-order valence-electron chi connectivity index (χ1n) is 6.23. The maximum absolute atomic E-state index is 10.4. The molecule has 0 aromatic carbocycles. The first-order valence-corrected chi connectivity index (χ1v) is 6.23. The molecule has 0 radical (unpaired) electrons.